The van der Waals surface area contributed by atoms with E-state index in [-0.39, 0.29) is 5.82 Å². The fourth-order valence-corrected chi connectivity index (χ4v) is 2.69. The average molecular weight is 191 g/mol. The highest BCUT2D eigenvalue weighted by molar-refractivity contribution is 5.29. The Balaban J connectivity index is 1.99. The minimum absolute atomic E-state index is 0.0347. The molecule has 1 heterocycles. The van der Waals surface area contributed by atoms with E-state index in [4.69, 9.17) is 0 Å². The Morgan fingerprint density at radius 2 is 2.07 bits per heavy atom. The Morgan fingerprint density at radius 1 is 1.29 bits per heavy atom. The summed E-state index contributed by atoms with van der Waals surface area (Å²) in [6.45, 7) is 2.02. The predicted molar refractivity (Wildman–Crippen MR) is 53.7 cm³/mol. The molecule has 2 fully saturated rings. The fraction of sp³-hybridized carbons (Fsp3) is 0.500. The maximum atomic E-state index is 13.6. The Bertz CT molecular complexity index is 357. The van der Waals surface area contributed by atoms with Gasteiger partial charge in [0.05, 0.1) is 0 Å². The van der Waals surface area contributed by atoms with E-state index < -0.39 is 0 Å². The number of halogens is 1. The SMILES string of the molecule is Fc1ccccc1[C@H]1CNCC12CC2. The van der Waals surface area contributed by atoms with E-state index in [1.807, 2.05) is 12.1 Å². The molecular weight excluding hydrogens is 177 g/mol. The van der Waals surface area contributed by atoms with Gasteiger partial charge < -0.3 is 5.32 Å². The zero-order valence-electron chi connectivity index (χ0n) is 8.09. The first-order chi connectivity index (χ1) is 6.82. The van der Waals surface area contributed by atoms with Gasteiger partial charge in [0.1, 0.15) is 5.82 Å². The molecule has 1 aromatic carbocycles. The van der Waals surface area contributed by atoms with Gasteiger partial charge in [0, 0.05) is 19.0 Å². The predicted octanol–water partition coefficient (Wildman–Crippen LogP) is 2.29. The first-order valence-electron chi connectivity index (χ1n) is 5.27. The molecule has 1 aromatic rings. The monoisotopic (exact) mass is 191 g/mol. The van der Waals surface area contributed by atoms with Crippen molar-refractivity contribution in [3.05, 3.63) is 35.6 Å². The fourth-order valence-electron chi connectivity index (χ4n) is 2.69. The lowest BCUT2D eigenvalue weighted by molar-refractivity contribution is 0.478. The second-order valence-electron chi connectivity index (χ2n) is 4.57. The van der Waals surface area contributed by atoms with Crippen LogP contribution in [-0.2, 0) is 0 Å². The third-order valence-corrected chi connectivity index (χ3v) is 3.74. The van der Waals surface area contributed by atoms with Gasteiger partial charge in [-0.1, -0.05) is 18.2 Å². The highest BCUT2D eigenvalue weighted by atomic mass is 19.1. The lowest BCUT2D eigenvalue weighted by Crippen LogP contribution is -2.12. The Morgan fingerprint density at radius 3 is 2.79 bits per heavy atom. The molecule has 0 radical (unpaired) electrons. The average Bonchev–Trinajstić information content (AvgIpc) is 2.82. The summed E-state index contributed by atoms with van der Waals surface area (Å²) in [5.74, 6) is 0.371. The van der Waals surface area contributed by atoms with Crippen molar-refractivity contribution in [3.8, 4) is 0 Å². The summed E-state index contributed by atoms with van der Waals surface area (Å²) in [7, 11) is 0. The van der Waals surface area contributed by atoms with E-state index >= 15 is 0 Å². The number of rotatable bonds is 1. The first-order valence-corrected chi connectivity index (χ1v) is 5.27. The van der Waals surface area contributed by atoms with Crippen LogP contribution in [0.3, 0.4) is 0 Å². The van der Waals surface area contributed by atoms with Gasteiger partial charge in [0.2, 0.25) is 0 Å². The second-order valence-corrected chi connectivity index (χ2v) is 4.57. The van der Waals surface area contributed by atoms with Gasteiger partial charge in [-0.05, 0) is 29.9 Å². The van der Waals surface area contributed by atoms with E-state index in [0.29, 0.717) is 11.3 Å². The van der Waals surface area contributed by atoms with Crippen LogP contribution in [0, 0.1) is 11.2 Å². The summed E-state index contributed by atoms with van der Waals surface area (Å²) < 4.78 is 13.6. The van der Waals surface area contributed by atoms with E-state index in [9.17, 15) is 4.39 Å². The van der Waals surface area contributed by atoms with Crippen LogP contribution in [-0.4, -0.2) is 13.1 Å². The van der Waals surface area contributed by atoms with Crippen molar-refractivity contribution < 1.29 is 4.39 Å². The molecule has 0 bridgehead atoms. The van der Waals surface area contributed by atoms with E-state index in [1.54, 1.807) is 12.1 Å². The smallest absolute Gasteiger partial charge is 0.126 e. The summed E-state index contributed by atoms with van der Waals surface area (Å²) in [5.41, 5.74) is 1.32. The van der Waals surface area contributed by atoms with Gasteiger partial charge in [0.25, 0.3) is 0 Å². The van der Waals surface area contributed by atoms with Crippen LogP contribution in [0.1, 0.15) is 24.3 Å². The molecule has 2 aliphatic rings. The molecule has 1 saturated heterocycles. The highest BCUT2D eigenvalue weighted by Crippen LogP contribution is 2.58. The third-order valence-electron chi connectivity index (χ3n) is 3.74. The third kappa shape index (κ3) is 1.10. The molecule has 0 unspecified atom stereocenters. The van der Waals surface area contributed by atoms with Gasteiger partial charge in [0.15, 0.2) is 0 Å². The standard InChI is InChI=1S/C12H14FN/c13-11-4-2-1-3-9(11)10-7-14-8-12(10)5-6-12/h1-4,10,14H,5-8H2/t10-/m1/s1. The van der Waals surface area contributed by atoms with Crippen molar-refractivity contribution >= 4 is 0 Å². The summed E-state index contributed by atoms with van der Waals surface area (Å²) in [6.07, 6.45) is 2.53. The summed E-state index contributed by atoms with van der Waals surface area (Å²) in [4.78, 5) is 0. The van der Waals surface area contributed by atoms with Crippen LogP contribution >= 0.6 is 0 Å². The minimum atomic E-state index is -0.0347. The van der Waals surface area contributed by atoms with Gasteiger partial charge in [-0.25, -0.2) is 4.39 Å². The quantitative estimate of drug-likeness (QED) is 0.718. The molecule has 0 aromatic heterocycles. The number of benzene rings is 1. The van der Waals surface area contributed by atoms with E-state index in [0.717, 1.165) is 18.7 Å². The van der Waals surface area contributed by atoms with Crippen molar-refractivity contribution in [2.24, 2.45) is 5.41 Å². The van der Waals surface area contributed by atoms with Crippen LogP contribution in [0.5, 0.6) is 0 Å². The number of hydrogen-bond acceptors (Lipinski definition) is 1. The summed E-state index contributed by atoms with van der Waals surface area (Å²) in [5, 5.41) is 3.38. The zero-order valence-corrected chi connectivity index (χ0v) is 8.09. The Hall–Kier alpha value is -0.890. The molecule has 1 N–H and O–H groups in total. The lowest BCUT2D eigenvalue weighted by Gasteiger charge is -2.17. The van der Waals surface area contributed by atoms with Gasteiger partial charge >= 0.3 is 0 Å². The Kier molecular flexibility index (Phi) is 1.68. The van der Waals surface area contributed by atoms with E-state index in [2.05, 4.69) is 5.32 Å². The molecule has 1 atom stereocenters. The lowest BCUT2D eigenvalue weighted by atomic mass is 9.86. The second kappa shape index (κ2) is 2.80. The molecule has 1 aliphatic carbocycles. The minimum Gasteiger partial charge on any atom is -0.316 e. The van der Waals surface area contributed by atoms with Crippen LogP contribution in [0.4, 0.5) is 4.39 Å². The zero-order chi connectivity index (χ0) is 9.60. The van der Waals surface area contributed by atoms with Gasteiger partial charge in [-0.3, -0.25) is 0 Å². The van der Waals surface area contributed by atoms with Crippen molar-refractivity contribution in [1.82, 2.24) is 5.32 Å². The van der Waals surface area contributed by atoms with Crippen LogP contribution in [0.2, 0.25) is 0 Å². The normalized spacial score (nSPS) is 28.2. The van der Waals surface area contributed by atoms with Crippen molar-refractivity contribution in [2.45, 2.75) is 18.8 Å². The van der Waals surface area contributed by atoms with Crippen LogP contribution < -0.4 is 5.32 Å². The largest absolute Gasteiger partial charge is 0.316 e. The van der Waals surface area contributed by atoms with Crippen molar-refractivity contribution in [2.75, 3.05) is 13.1 Å². The molecule has 1 nitrogen and oxygen atoms in total. The molecule has 3 rings (SSSR count). The molecule has 74 valence electrons. The summed E-state index contributed by atoms with van der Waals surface area (Å²) >= 11 is 0. The maximum Gasteiger partial charge on any atom is 0.126 e. The number of nitrogens with one attached hydrogen (secondary N) is 1. The molecule has 2 heteroatoms. The first kappa shape index (κ1) is 8.42. The molecule has 1 aliphatic heterocycles. The maximum absolute atomic E-state index is 13.6. The summed E-state index contributed by atoms with van der Waals surface area (Å²) in [6, 6.07) is 7.21. The topological polar surface area (TPSA) is 12.0 Å². The molecule has 0 amide bonds. The molecule has 14 heavy (non-hydrogen) atoms. The highest BCUT2D eigenvalue weighted by Gasteiger charge is 2.52. The van der Waals surface area contributed by atoms with Crippen LogP contribution in [0.15, 0.2) is 24.3 Å². The molecular formula is C12H14FN. The van der Waals surface area contributed by atoms with Crippen molar-refractivity contribution in [3.63, 3.8) is 0 Å². The molecule has 1 spiro atoms. The van der Waals surface area contributed by atoms with E-state index in [1.165, 1.54) is 12.8 Å². The number of hydrogen-bond donors (Lipinski definition) is 1. The van der Waals surface area contributed by atoms with Crippen LogP contribution in [0.25, 0.3) is 0 Å². The van der Waals surface area contributed by atoms with Gasteiger partial charge in [-0.2, -0.15) is 0 Å². The Labute approximate surface area is 83.3 Å². The van der Waals surface area contributed by atoms with Gasteiger partial charge in [-0.15, -0.1) is 0 Å². The molecule has 1 saturated carbocycles. The van der Waals surface area contributed by atoms with Crippen molar-refractivity contribution in [1.29, 1.82) is 0 Å².